The topological polar surface area (TPSA) is 84.5 Å². The second-order valence-corrected chi connectivity index (χ2v) is 9.29. The van der Waals surface area contributed by atoms with Crippen LogP contribution in [0, 0.1) is 25.5 Å². The summed E-state index contributed by atoms with van der Waals surface area (Å²) >= 11 is 12.4. The summed E-state index contributed by atoms with van der Waals surface area (Å²) < 4.78 is 33.6. The third-order valence-corrected chi connectivity index (χ3v) is 6.47. The van der Waals surface area contributed by atoms with Crippen molar-refractivity contribution in [2.24, 2.45) is 0 Å². The minimum atomic E-state index is -1.23. The molecule has 0 saturated heterocycles. The number of rotatable bonds is 6. The number of urea groups is 1. The first kappa shape index (κ1) is 27.8. The van der Waals surface area contributed by atoms with Gasteiger partial charge in [0.25, 0.3) is 5.91 Å². The van der Waals surface area contributed by atoms with Crippen LogP contribution in [0.5, 0.6) is 11.5 Å². The molecule has 0 fully saturated rings. The van der Waals surface area contributed by atoms with Gasteiger partial charge in [0.05, 0.1) is 5.02 Å². The lowest BCUT2D eigenvalue weighted by Gasteiger charge is -2.17. The molecule has 0 aliphatic heterocycles. The molecule has 3 amide bonds. The summed E-state index contributed by atoms with van der Waals surface area (Å²) in [5.41, 5.74) is 1.31. The van der Waals surface area contributed by atoms with Gasteiger partial charge in [0, 0.05) is 21.8 Å². The lowest BCUT2D eigenvalue weighted by atomic mass is 10.0. The summed E-state index contributed by atoms with van der Waals surface area (Å²) in [6.45, 7) is 3.32. The normalized spacial score (nSPS) is 10.6. The van der Waals surface area contributed by atoms with Gasteiger partial charge in [-0.25, -0.2) is 13.6 Å². The molecule has 0 atom stereocenters. The van der Waals surface area contributed by atoms with E-state index in [0.717, 1.165) is 18.2 Å². The predicted molar refractivity (Wildman–Crippen MR) is 145 cm³/mol. The third kappa shape index (κ3) is 6.25. The lowest BCUT2D eigenvalue weighted by molar-refractivity contribution is 0.0958. The van der Waals surface area contributed by atoms with Crippen molar-refractivity contribution in [3.8, 4) is 11.5 Å². The van der Waals surface area contributed by atoms with E-state index in [1.54, 1.807) is 68.4 Å². The molecule has 0 aliphatic rings. The smallest absolute Gasteiger partial charge is 0.326 e. The molecule has 0 aromatic heterocycles. The zero-order valence-corrected chi connectivity index (χ0v) is 22.1. The molecule has 10 heteroatoms. The number of benzene rings is 4. The Morgan fingerprint density at radius 3 is 1.97 bits per heavy atom. The number of ketones is 1. The number of imide groups is 1. The van der Waals surface area contributed by atoms with Gasteiger partial charge in [0.1, 0.15) is 28.7 Å². The highest BCUT2D eigenvalue weighted by molar-refractivity contribution is 6.33. The largest absolute Gasteiger partial charge is 0.456 e. The molecule has 6 nitrogen and oxygen atoms in total. The Balaban J connectivity index is 1.47. The van der Waals surface area contributed by atoms with Crippen LogP contribution >= 0.6 is 23.2 Å². The van der Waals surface area contributed by atoms with Gasteiger partial charge in [0.15, 0.2) is 5.78 Å². The molecule has 0 radical (unpaired) electrons. The molecule has 0 bridgehead atoms. The summed E-state index contributed by atoms with van der Waals surface area (Å²) in [5, 5.41) is 5.08. The van der Waals surface area contributed by atoms with Crippen LogP contribution in [0.15, 0.2) is 72.8 Å². The fraction of sp³-hybridized carbons (Fsp3) is 0.0690. The molecule has 0 heterocycles. The predicted octanol–water partition coefficient (Wildman–Crippen LogP) is 7.87. The number of nitrogens with one attached hydrogen (secondary N) is 2. The Labute approximate surface area is 232 Å². The Morgan fingerprint density at radius 1 is 0.821 bits per heavy atom. The molecule has 4 aromatic carbocycles. The molecule has 4 rings (SSSR count). The Kier molecular flexibility index (Phi) is 8.28. The summed E-state index contributed by atoms with van der Waals surface area (Å²) in [6, 6.07) is 16.6. The number of ether oxygens (including phenoxy) is 1. The van der Waals surface area contributed by atoms with E-state index in [2.05, 4.69) is 5.32 Å². The molecular weight excluding hydrogens is 549 g/mol. The van der Waals surface area contributed by atoms with Gasteiger partial charge in [-0.1, -0.05) is 29.3 Å². The van der Waals surface area contributed by atoms with E-state index in [9.17, 15) is 23.2 Å². The number of anilines is 1. The molecule has 39 heavy (non-hydrogen) atoms. The van der Waals surface area contributed by atoms with Crippen molar-refractivity contribution in [3.05, 3.63) is 122 Å². The van der Waals surface area contributed by atoms with Crippen LogP contribution in [0.25, 0.3) is 0 Å². The van der Waals surface area contributed by atoms with Gasteiger partial charge in [-0.15, -0.1) is 0 Å². The van der Waals surface area contributed by atoms with Crippen molar-refractivity contribution in [2.45, 2.75) is 13.8 Å². The quantitative estimate of drug-likeness (QED) is 0.232. The summed E-state index contributed by atoms with van der Waals surface area (Å²) in [5.74, 6) is -2.86. The van der Waals surface area contributed by atoms with Crippen LogP contribution in [0.1, 0.15) is 37.4 Å². The number of carbonyl (C=O) groups excluding carboxylic acids is 3. The first-order valence-electron chi connectivity index (χ1n) is 11.5. The number of aryl methyl sites for hydroxylation is 1. The third-order valence-electron chi connectivity index (χ3n) is 5.76. The number of halogens is 4. The monoisotopic (exact) mass is 568 g/mol. The second kappa shape index (κ2) is 11.6. The van der Waals surface area contributed by atoms with E-state index in [0.29, 0.717) is 38.8 Å². The Bertz CT molecular complexity index is 1570. The van der Waals surface area contributed by atoms with Crippen LogP contribution in [0.2, 0.25) is 10.0 Å². The van der Waals surface area contributed by atoms with E-state index in [4.69, 9.17) is 27.9 Å². The minimum Gasteiger partial charge on any atom is -0.456 e. The highest BCUT2D eigenvalue weighted by atomic mass is 35.5. The van der Waals surface area contributed by atoms with Crippen molar-refractivity contribution in [2.75, 3.05) is 5.32 Å². The molecule has 0 unspecified atom stereocenters. The van der Waals surface area contributed by atoms with Gasteiger partial charge in [-0.2, -0.15) is 0 Å². The van der Waals surface area contributed by atoms with Gasteiger partial charge < -0.3 is 10.1 Å². The first-order chi connectivity index (χ1) is 18.5. The minimum absolute atomic E-state index is 0.173. The van der Waals surface area contributed by atoms with E-state index < -0.39 is 29.1 Å². The van der Waals surface area contributed by atoms with E-state index in [-0.39, 0.29) is 16.5 Å². The zero-order valence-electron chi connectivity index (χ0n) is 20.6. The molecule has 0 spiro atoms. The van der Waals surface area contributed by atoms with E-state index in [1.807, 2.05) is 5.32 Å². The number of hydrogen-bond donors (Lipinski definition) is 2. The fourth-order valence-electron chi connectivity index (χ4n) is 3.70. The van der Waals surface area contributed by atoms with Crippen LogP contribution in [-0.4, -0.2) is 17.7 Å². The summed E-state index contributed by atoms with van der Waals surface area (Å²) in [7, 11) is 0. The van der Waals surface area contributed by atoms with Crippen molar-refractivity contribution in [3.63, 3.8) is 0 Å². The SMILES string of the molecule is Cc1cc(NC(=O)NC(=O)c2c(F)cccc2F)c(C)c(Cl)c1Oc1ccc(C(=O)c2ccc(Cl)cc2)cc1. The van der Waals surface area contributed by atoms with Gasteiger partial charge in [-0.3, -0.25) is 14.9 Å². The molecule has 0 saturated carbocycles. The maximum Gasteiger partial charge on any atom is 0.326 e. The standard InChI is InChI=1S/C29H20Cl2F2N2O4/c1-15-14-23(34-29(38)35-28(37)24-21(32)4-3-5-22(24)33)16(2)25(31)27(15)39-20-12-8-18(9-13-20)26(36)17-6-10-19(30)11-7-17/h3-14H,1-2H3,(H2,34,35,37,38). The fourth-order valence-corrected chi connectivity index (χ4v) is 4.12. The van der Waals surface area contributed by atoms with Gasteiger partial charge in [0.2, 0.25) is 0 Å². The van der Waals surface area contributed by atoms with Crippen molar-refractivity contribution < 1.29 is 27.9 Å². The van der Waals surface area contributed by atoms with Crippen LogP contribution in [-0.2, 0) is 0 Å². The van der Waals surface area contributed by atoms with Crippen molar-refractivity contribution in [1.82, 2.24) is 5.32 Å². The summed E-state index contributed by atoms with van der Waals surface area (Å²) in [6.07, 6.45) is 0. The number of hydrogen-bond acceptors (Lipinski definition) is 4. The molecule has 0 aliphatic carbocycles. The highest BCUT2D eigenvalue weighted by Crippen LogP contribution is 2.39. The highest BCUT2D eigenvalue weighted by Gasteiger charge is 2.21. The molecule has 2 N–H and O–H groups in total. The molecule has 198 valence electrons. The molecule has 4 aromatic rings. The average molecular weight is 569 g/mol. The van der Waals surface area contributed by atoms with Crippen LogP contribution < -0.4 is 15.4 Å². The number of carbonyl (C=O) groups is 3. The molecular formula is C29H20Cl2F2N2O4. The van der Waals surface area contributed by atoms with E-state index in [1.165, 1.54) is 0 Å². The second-order valence-electron chi connectivity index (χ2n) is 8.48. The van der Waals surface area contributed by atoms with Crippen molar-refractivity contribution in [1.29, 1.82) is 0 Å². The zero-order chi connectivity index (χ0) is 28.3. The van der Waals surface area contributed by atoms with Gasteiger partial charge >= 0.3 is 6.03 Å². The van der Waals surface area contributed by atoms with E-state index >= 15 is 0 Å². The van der Waals surface area contributed by atoms with Crippen molar-refractivity contribution >= 4 is 46.6 Å². The number of amides is 3. The van der Waals surface area contributed by atoms with Gasteiger partial charge in [-0.05, 0) is 91.7 Å². The van der Waals surface area contributed by atoms with Crippen LogP contribution in [0.4, 0.5) is 19.3 Å². The maximum atomic E-state index is 13.8. The Morgan fingerprint density at radius 2 is 1.38 bits per heavy atom. The maximum absolute atomic E-state index is 13.8. The lowest BCUT2D eigenvalue weighted by Crippen LogP contribution is -2.35. The van der Waals surface area contributed by atoms with Crippen LogP contribution in [0.3, 0.4) is 0 Å². The summed E-state index contributed by atoms with van der Waals surface area (Å²) in [4.78, 5) is 37.3. The average Bonchev–Trinajstić information content (AvgIpc) is 2.90. The Hall–Kier alpha value is -4.27. The first-order valence-corrected chi connectivity index (χ1v) is 12.2.